The summed E-state index contributed by atoms with van der Waals surface area (Å²) in [5.74, 6) is 1.40. The molecule has 0 saturated heterocycles. The van der Waals surface area contributed by atoms with Crippen LogP contribution < -0.4 is 24.8 Å². The molecule has 1 nitrogen and oxygen atoms in total. The Kier molecular flexibility index (Phi) is 13.2. The Morgan fingerprint density at radius 3 is 1.67 bits per heavy atom. The smallest absolute Gasteiger partial charge is 0.113 e. The topological polar surface area (TPSA) is 0 Å². The molecule has 0 aromatic carbocycles. The molecule has 12 heavy (non-hydrogen) atoms. The fourth-order valence-electron chi connectivity index (χ4n) is 0.828. The van der Waals surface area contributed by atoms with Crippen molar-refractivity contribution in [1.29, 1.82) is 0 Å². The van der Waals surface area contributed by atoms with Crippen LogP contribution in [0.25, 0.3) is 0 Å². The van der Waals surface area contributed by atoms with E-state index in [1.54, 1.807) is 0 Å². The number of halogens is 2. The van der Waals surface area contributed by atoms with Gasteiger partial charge >= 0.3 is 0 Å². The minimum atomic E-state index is 0. The number of nitrogens with zero attached hydrogens (tertiary/aromatic N) is 1. The lowest BCUT2D eigenvalue weighted by molar-refractivity contribution is -0.870. The molecule has 78 valence electrons. The van der Waals surface area contributed by atoms with Crippen LogP contribution in [0.4, 0.5) is 0 Å². The van der Waals surface area contributed by atoms with Crippen molar-refractivity contribution < 1.29 is 29.3 Å². The van der Waals surface area contributed by atoms with Crippen LogP contribution in [0.5, 0.6) is 0 Å². The predicted molar refractivity (Wildman–Crippen MR) is 51.6 cm³/mol. The van der Waals surface area contributed by atoms with Crippen molar-refractivity contribution in [3.05, 3.63) is 0 Å². The molecule has 0 aliphatic rings. The highest BCUT2D eigenvalue weighted by Crippen LogP contribution is 1.96. The molecule has 0 aromatic rings. The number of hydrogen-bond acceptors (Lipinski definition) is 0. The second-order valence-corrected chi connectivity index (χ2v) is 6.44. The molecule has 0 aliphatic heterocycles. The van der Waals surface area contributed by atoms with Gasteiger partial charge in [-0.05, 0) is 10.9 Å². The van der Waals surface area contributed by atoms with Crippen LogP contribution in [0.2, 0.25) is 0 Å². The lowest BCUT2D eigenvalue weighted by Gasteiger charge is -2.23. The molecule has 0 bridgehead atoms. The molecule has 0 heterocycles. The Bertz CT molecular complexity index is 91.5. The highest BCUT2D eigenvalue weighted by molar-refractivity contribution is 7.95. The van der Waals surface area contributed by atoms with Crippen molar-refractivity contribution in [3.63, 3.8) is 0 Å². The molecule has 0 rings (SSSR count). The van der Waals surface area contributed by atoms with E-state index in [0.29, 0.717) is 10.9 Å². The summed E-state index contributed by atoms with van der Waals surface area (Å²) in [6.07, 6.45) is 6.00. The van der Waals surface area contributed by atoms with Gasteiger partial charge in [0.05, 0.1) is 40.2 Å². The average Bonchev–Trinajstić information content (AvgIpc) is 1.59. The highest BCUT2D eigenvalue weighted by atomic mass is 35.5. The van der Waals surface area contributed by atoms with E-state index in [9.17, 15) is 0 Å². The molecule has 0 unspecified atom stereocenters. The molecule has 0 fully saturated rings. The molecule has 0 radical (unpaired) electrons. The van der Waals surface area contributed by atoms with Gasteiger partial charge in [0.15, 0.2) is 0 Å². The van der Waals surface area contributed by atoms with E-state index in [1.807, 2.05) is 0 Å². The van der Waals surface area contributed by atoms with Crippen LogP contribution in [-0.2, 0) is 10.9 Å². The van der Waals surface area contributed by atoms with Gasteiger partial charge in [0, 0.05) is 6.42 Å². The fraction of sp³-hybridized carbons (Fsp3) is 1.00. The third-order valence-electron chi connectivity index (χ3n) is 1.38. The fourth-order valence-corrected chi connectivity index (χ4v) is 1.53. The average molecular weight is 234 g/mol. The summed E-state index contributed by atoms with van der Waals surface area (Å²) in [7, 11) is 7.40. The van der Waals surface area contributed by atoms with Gasteiger partial charge in [-0.2, -0.15) is 0 Å². The highest BCUT2D eigenvalue weighted by Gasteiger charge is 2.09. The Labute approximate surface area is 92.7 Å². The SMILES string of the molecule is C[S+](C)CCC[N+](C)(C)C.[Cl-].[Cl-]. The second-order valence-electron chi connectivity index (χ2n) is 4.06. The minimum Gasteiger partial charge on any atom is -1.00 e. The maximum Gasteiger partial charge on any atom is 0.113 e. The first-order chi connectivity index (χ1) is 4.42. The van der Waals surface area contributed by atoms with Crippen LogP contribution in [0.15, 0.2) is 0 Å². The van der Waals surface area contributed by atoms with Crippen LogP contribution in [0.3, 0.4) is 0 Å². The largest absolute Gasteiger partial charge is 1.00 e. The van der Waals surface area contributed by atoms with Gasteiger partial charge in [0.25, 0.3) is 0 Å². The first kappa shape index (κ1) is 18.6. The van der Waals surface area contributed by atoms with E-state index in [2.05, 4.69) is 33.7 Å². The normalized spacial score (nSPS) is 10.5. The monoisotopic (exact) mass is 233 g/mol. The third-order valence-corrected chi connectivity index (χ3v) is 2.49. The van der Waals surface area contributed by atoms with Crippen molar-refractivity contribution in [2.45, 2.75) is 6.42 Å². The summed E-state index contributed by atoms with van der Waals surface area (Å²) in [4.78, 5) is 0. The van der Waals surface area contributed by atoms with Crippen molar-refractivity contribution in [1.82, 2.24) is 0 Å². The van der Waals surface area contributed by atoms with Crippen LogP contribution in [-0.4, -0.2) is 50.4 Å². The third kappa shape index (κ3) is 17.1. The second kappa shape index (κ2) is 8.49. The molecule has 0 atom stereocenters. The predicted octanol–water partition coefficient (Wildman–Crippen LogP) is -5.03. The first-order valence-electron chi connectivity index (χ1n) is 3.76. The Hall–Kier alpha value is 0.890. The molecule has 0 N–H and O–H groups in total. The lowest BCUT2D eigenvalue weighted by atomic mass is 10.4. The zero-order chi connectivity index (χ0) is 8.20. The quantitative estimate of drug-likeness (QED) is 0.337. The van der Waals surface area contributed by atoms with Gasteiger partial charge in [-0.3, -0.25) is 0 Å². The molecule has 0 saturated carbocycles. The number of quaternary nitrogens is 1. The molecule has 0 aliphatic carbocycles. The zero-order valence-corrected chi connectivity index (χ0v) is 11.1. The van der Waals surface area contributed by atoms with Gasteiger partial charge in [0.1, 0.15) is 5.75 Å². The number of hydrogen-bond donors (Lipinski definition) is 0. The molecular weight excluding hydrogens is 213 g/mol. The van der Waals surface area contributed by atoms with E-state index in [1.165, 1.54) is 18.7 Å². The van der Waals surface area contributed by atoms with Crippen LogP contribution in [0, 0.1) is 0 Å². The first-order valence-corrected chi connectivity index (χ1v) is 5.97. The summed E-state index contributed by atoms with van der Waals surface area (Å²) >= 11 is 0. The van der Waals surface area contributed by atoms with Gasteiger partial charge in [-0.15, -0.1) is 0 Å². The maximum absolute atomic E-state index is 2.32. The Morgan fingerprint density at radius 1 is 1.00 bits per heavy atom. The van der Waals surface area contributed by atoms with Gasteiger partial charge in [-0.25, -0.2) is 0 Å². The summed E-state index contributed by atoms with van der Waals surface area (Å²) in [5.41, 5.74) is 0. The van der Waals surface area contributed by atoms with E-state index in [0.717, 1.165) is 4.48 Å². The van der Waals surface area contributed by atoms with E-state index in [4.69, 9.17) is 0 Å². The van der Waals surface area contributed by atoms with E-state index in [-0.39, 0.29) is 24.8 Å². The zero-order valence-electron chi connectivity index (χ0n) is 8.73. The molecule has 0 amide bonds. The number of rotatable bonds is 4. The van der Waals surface area contributed by atoms with Crippen molar-refractivity contribution >= 4 is 10.9 Å². The molecular formula is C8H21Cl2NS. The Balaban J connectivity index is -0.000000405. The van der Waals surface area contributed by atoms with Gasteiger partial charge < -0.3 is 29.3 Å². The molecule has 4 heteroatoms. The van der Waals surface area contributed by atoms with E-state index >= 15 is 0 Å². The standard InChI is InChI=1S/C8H21NS.2ClH/c1-9(2,3)7-6-8-10(4)5;;/h6-8H2,1-5H3;2*1H/q+2;;/p-2. The summed E-state index contributed by atoms with van der Waals surface area (Å²) in [6.45, 7) is 1.31. The molecule has 0 spiro atoms. The molecule has 0 aromatic heterocycles. The van der Waals surface area contributed by atoms with Crippen molar-refractivity contribution in [2.75, 3.05) is 46.0 Å². The van der Waals surface area contributed by atoms with Gasteiger partial charge in [0.2, 0.25) is 0 Å². The summed E-state index contributed by atoms with van der Waals surface area (Å²) in [6, 6.07) is 0. The van der Waals surface area contributed by atoms with Gasteiger partial charge in [-0.1, -0.05) is 0 Å². The van der Waals surface area contributed by atoms with E-state index < -0.39 is 0 Å². The van der Waals surface area contributed by atoms with Crippen LogP contribution >= 0.6 is 0 Å². The Morgan fingerprint density at radius 2 is 1.42 bits per heavy atom. The van der Waals surface area contributed by atoms with Crippen molar-refractivity contribution in [3.8, 4) is 0 Å². The maximum atomic E-state index is 2.32. The summed E-state index contributed by atoms with van der Waals surface area (Å²) in [5, 5.41) is 0. The van der Waals surface area contributed by atoms with Crippen molar-refractivity contribution in [2.24, 2.45) is 0 Å². The van der Waals surface area contributed by atoms with Crippen LogP contribution in [0.1, 0.15) is 6.42 Å². The minimum absolute atomic E-state index is 0. The lowest BCUT2D eigenvalue weighted by Crippen LogP contribution is -3.00. The summed E-state index contributed by atoms with van der Waals surface area (Å²) < 4.78 is 1.11.